The molecule has 1 aliphatic rings. The largest absolute Gasteiger partial charge is 0.394 e. The highest BCUT2D eigenvalue weighted by Crippen LogP contribution is 2.39. The first-order valence-electron chi connectivity index (χ1n) is 7.95. The van der Waals surface area contributed by atoms with Gasteiger partial charge in [-0.25, -0.2) is 14.6 Å². The number of aliphatic hydroxyl groups excluding tert-OH is 3. The van der Waals surface area contributed by atoms with Gasteiger partial charge in [0, 0.05) is 12.6 Å². The number of rotatable bonds is 7. The molecule has 26 heavy (non-hydrogen) atoms. The fourth-order valence-electron chi connectivity index (χ4n) is 2.96. The summed E-state index contributed by atoms with van der Waals surface area (Å²) in [6, 6.07) is 0. The molecule has 0 saturated carbocycles. The first-order chi connectivity index (χ1) is 12.3. The number of aliphatic hydroxyl groups is 3. The summed E-state index contributed by atoms with van der Waals surface area (Å²) in [4.78, 5) is 40.0. The van der Waals surface area contributed by atoms with Gasteiger partial charge in [-0.2, -0.15) is 0 Å². The van der Waals surface area contributed by atoms with Gasteiger partial charge < -0.3 is 20.1 Å². The summed E-state index contributed by atoms with van der Waals surface area (Å²) >= 11 is 0. The number of H-pyrrole nitrogens is 1. The van der Waals surface area contributed by atoms with Crippen LogP contribution >= 0.6 is 0 Å². The van der Waals surface area contributed by atoms with E-state index in [1.54, 1.807) is 6.92 Å². The van der Waals surface area contributed by atoms with Crippen molar-refractivity contribution < 1.29 is 24.9 Å². The zero-order chi connectivity index (χ0) is 19.5. The second-order valence-corrected chi connectivity index (χ2v) is 6.27. The van der Waals surface area contributed by atoms with Crippen molar-refractivity contribution in [1.82, 2.24) is 9.55 Å². The predicted molar refractivity (Wildman–Crippen MR) is 89.1 cm³/mol. The zero-order valence-corrected chi connectivity index (χ0v) is 14.2. The van der Waals surface area contributed by atoms with E-state index in [9.17, 15) is 29.7 Å². The zero-order valence-electron chi connectivity index (χ0n) is 14.2. The van der Waals surface area contributed by atoms with E-state index in [0.717, 1.165) is 16.3 Å². The lowest BCUT2D eigenvalue weighted by Gasteiger charge is -2.34. The molecule has 1 aliphatic heterocycles. The van der Waals surface area contributed by atoms with E-state index in [2.05, 4.69) is 16.6 Å². The van der Waals surface area contributed by atoms with Crippen LogP contribution in [0.5, 0.6) is 0 Å². The van der Waals surface area contributed by atoms with Gasteiger partial charge in [0.05, 0.1) is 18.7 Å². The maximum Gasteiger partial charge on any atom is 0.330 e. The average Bonchev–Trinajstić information content (AvgIpc) is 2.84. The Hall–Kier alpha value is -2.36. The highest BCUT2D eigenvalue weighted by atomic mass is 16.6. The summed E-state index contributed by atoms with van der Waals surface area (Å²) in [6.45, 7) is 4.61. The van der Waals surface area contributed by atoms with Crippen molar-refractivity contribution in [3.8, 4) is 0 Å². The summed E-state index contributed by atoms with van der Waals surface area (Å²) in [5.74, 6) is 0. The Balaban J connectivity index is 2.63. The minimum atomic E-state index is -1.73. The molecular formula is C16H21N3O7. The van der Waals surface area contributed by atoms with E-state index in [0.29, 0.717) is 6.42 Å². The van der Waals surface area contributed by atoms with Crippen molar-refractivity contribution in [3.63, 3.8) is 0 Å². The van der Waals surface area contributed by atoms with Gasteiger partial charge in [-0.05, 0) is 13.3 Å². The van der Waals surface area contributed by atoms with E-state index in [-0.39, 0.29) is 18.5 Å². The molecule has 0 aromatic carbocycles. The Labute approximate surface area is 148 Å². The molecule has 10 heteroatoms. The molecule has 0 aliphatic carbocycles. The van der Waals surface area contributed by atoms with Crippen molar-refractivity contribution in [1.29, 1.82) is 0 Å². The van der Waals surface area contributed by atoms with E-state index < -0.39 is 41.9 Å². The second kappa shape index (κ2) is 7.90. The van der Waals surface area contributed by atoms with Gasteiger partial charge in [-0.1, -0.05) is 5.57 Å². The Morgan fingerprint density at radius 3 is 2.73 bits per heavy atom. The lowest BCUT2D eigenvalue weighted by Crippen LogP contribution is -2.52. The molecule has 0 unspecified atom stereocenters. The van der Waals surface area contributed by atoms with E-state index in [1.807, 2.05) is 0 Å². The molecule has 2 heterocycles. The van der Waals surface area contributed by atoms with Gasteiger partial charge in [0.1, 0.15) is 18.3 Å². The molecule has 4 N–H and O–H groups in total. The number of carbonyl (C=O) groups excluding carboxylic acids is 1. The molecule has 2 rings (SSSR count). The fourth-order valence-corrected chi connectivity index (χ4v) is 2.96. The molecule has 1 fully saturated rings. The molecule has 1 aromatic heterocycles. The minimum absolute atomic E-state index is 0.0274. The van der Waals surface area contributed by atoms with Gasteiger partial charge in [0.25, 0.3) is 5.56 Å². The molecule has 142 valence electrons. The summed E-state index contributed by atoms with van der Waals surface area (Å²) in [5, 5.41) is 30.1. The molecule has 10 nitrogen and oxygen atoms in total. The van der Waals surface area contributed by atoms with E-state index in [4.69, 9.17) is 4.74 Å². The van der Waals surface area contributed by atoms with Crippen LogP contribution in [-0.2, 0) is 21.8 Å². The van der Waals surface area contributed by atoms with Crippen molar-refractivity contribution >= 4 is 6.08 Å². The standard InChI is InChI=1S/C16H21N3O7/c1-9(2)3-4-16(13(23)12(22)11(7-20)26-16)19-6-10(5-17-8-21)14(24)18-15(19)25/h6,11-13,20,22-23H,1,3-5,7H2,2H3,(H,18,24,25)/t11-,12-,13-,16-/m1/s1. The average molecular weight is 367 g/mol. The van der Waals surface area contributed by atoms with Crippen LogP contribution in [0.4, 0.5) is 0 Å². The molecule has 4 atom stereocenters. The van der Waals surface area contributed by atoms with Gasteiger partial charge >= 0.3 is 5.69 Å². The molecule has 1 saturated heterocycles. The Morgan fingerprint density at radius 1 is 1.50 bits per heavy atom. The summed E-state index contributed by atoms with van der Waals surface area (Å²) in [7, 11) is 0. The van der Waals surface area contributed by atoms with E-state index in [1.165, 1.54) is 6.08 Å². The van der Waals surface area contributed by atoms with Crippen LogP contribution in [0.1, 0.15) is 25.3 Å². The number of nitrogens with one attached hydrogen (secondary N) is 1. The van der Waals surface area contributed by atoms with Crippen molar-refractivity contribution in [2.24, 2.45) is 4.99 Å². The topological polar surface area (TPSA) is 154 Å². The summed E-state index contributed by atoms with van der Waals surface area (Å²) in [6.07, 6.45) is -1.30. The fraction of sp³-hybridized carbons (Fsp3) is 0.562. The van der Waals surface area contributed by atoms with Crippen molar-refractivity contribution in [2.45, 2.75) is 50.3 Å². The van der Waals surface area contributed by atoms with Crippen LogP contribution in [0.2, 0.25) is 0 Å². The van der Waals surface area contributed by atoms with Crippen LogP contribution in [0, 0.1) is 0 Å². The lowest BCUT2D eigenvalue weighted by molar-refractivity contribution is -0.155. The lowest BCUT2D eigenvalue weighted by atomic mass is 9.95. The molecule has 1 aromatic rings. The molecule has 0 spiro atoms. The quantitative estimate of drug-likeness (QED) is 0.260. The number of allylic oxidation sites excluding steroid dienone is 1. The van der Waals surface area contributed by atoms with Crippen molar-refractivity contribution in [3.05, 3.63) is 44.8 Å². The number of aromatic amines is 1. The van der Waals surface area contributed by atoms with Crippen LogP contribution in [0.3, 0.4) is 0 Å². The molecular weight excluding hydrogens is 346 g/mol. The number of aliphatic imine (C=N–C) groups is 1. The second-order valence-electron chi connectivity index (χ2n) is 6.27. The third-order valence-corrected chi connectivity index (χ3v) is 4.35. The normalized spacial score (nSPS) is 27.9. The van der Waals surface area contributed by atoms with Gasteiger partial charge in [0.2, 0.25) is 6.08 Å². The SMILES string of the molecule is C=C(C)CC[C@@]1(n2cc(CN=C=O)c(=O)[nH]c2=O)O[C@H](CO)[C@@H](O)[C@H]1O. The first kappa shape index (κ1) is 20.0. The highest BCUT2D eigenvalue weighted by Gasteiger charge is 2.55. The van der Waals surface area contributed by atoms with Crippen LogP contribution in [0.25, 0.3) is 0 Å². The number of isocyanates is 1. The maximum absolute atomic E-state index is 12.4. The number of ether oxygens (including phenoxy) is 1. The monoisotopic (exact) mass is 367 g/mol. The van der Waals surface area contributed by atoms with Gasteiger partial charge in [-0.3, -0.25) is 14.3 Å². The third-order valence-electron chi connectivity index (χ3n) is 4.35. The predicted octanol–water partition coefficient (Wildman–Crippen LogP) is -1.51. The van der Waals surface area contributed by atoms with Crippen LogP contribution < -0.4 is 11.2 Å². The number of aromatic nitrogens is 2. The maximum atomic E-state index is 12.4. The van der Waals surface area contributed by atoms with Gasteiger partial charge in [0.15, 0.2) is 5.72 Å². The van der Waals surface area contributed by atoms with Crippen LogP contribution in [0.15, 0.2) is 32.9 Å². The Morgan fingerprint density at radius 2 is 2.19 bits per heavy atom. The number of hydrogen-bond acceptors (Lipinski definition) is 8. The van der Waals surface area contributed by atoms with Crippen LogP contribution in [-0.4, -0.2) is 55.9 Å². The number of nitrogens with zero attached hydrogens (tertiary/aromatic N) is 2. The Kier molecular flexibility index (Phi) is 6.06. The van der Waals surface area contributed by atoms with Gasteiger partial charge in [-0.15, -0.1) is 6.58 Å². The van der Waals surface area contributed by atoms with Crippen molar-refractivity contribution in [2.75, 3.05) is 6.61 Å². The first-order valence-corrected chi connectivity index (χ1v) is 7.95. The smallest absolute Gasteiger partial charge is 0.330 e. The molecule has 0 amide bonds. The molecule has 0 radical (unpaired) electrons. The highest BCUT2D eigenvalue weighted by molar-refractivity contribution is 5.33. The minimum Gasteiger partial charge on any atom is -0.394 e. The van der Waals surface area contributed by atoms with E-state index >= 15 is 0 Å². The molecule has 0 bridgehead atoms. The summed E-state index contributed by atoms with van der Waals surface area (Å²) < 4.78 is 6.64. The Bertz CT molecular complexity index is 839. The third kappa shape index (κ3) is 3.59. The number of hydrogen-bond donors (Lipinski definition) is 4. The summed E-state index contributed by atoms with van der Waals surface area (Å²) in [5.41, 5.74) is -2.63.